The van der Waals surface area contributed by atoms with Crippen molar-refractivity contribution >= 4 is 23.0 Å². The number of Topliss-reactive ketones (excluding diaryl/α,β-unsaturated/α-hetero) is 1. The number of benzene rings is 2. The van der Waals surface area contributed by atoms with Gasteiger partial charge in [0.2, 0.25) is 12.7 Å². The van der Waals surface area contributed by atoms with Crippen molar-refractivity contribution < 1.29 is 28.9 Å². The predicted molar refractivity (Wildman–Crippen MR) is 124 cm³/mol. The molecule has 2 atom stereocenters. The third kappa shape index (κ3) is 4.42. The molecule has 1 fully saturated rings. The molecule has 1 N–H and O–H groups in total. The minimum atomic E-state index is -0.510. The van der Waals surface area contributed by atoms with Gasteiger partial charge in [-0.05, 0) is 36.2 Å². The van der Waals surface area contributed by atoms with E-state index in [2.05, 4.69) is 4.98 Å². The Morgan fingerprint density at radius 3 is 2.71 bits per heavy atom. The fourth-order valence-electron chi connectivity index (χ4n) is 4.24. The van der Waals surface area contributed by atoms with Gasteiger partial charge in [-0.3, -0.25) is 9.59 Å². The van der Waals surface area contributed by atoms with Crippen molar-refractivity contribution in [3.8, 4) is 11.5 Å². The summed E-state index contributed by atoms with van der Waals surface area (Å²) in [5, 5.41) is 10.1. The van der Waals surface area contributed by atoms with Crippen LogP contribution in [0, 0.1) is 6.92 Å². The minimum absolute atomic E-state index is 0.0232. The summed E-state index contributed by atoms with van der Waals surface area (Å²) in [6.45, 7) is 2.19. The lowest BCUT2D eigenvalue weighted by Gasteiger charge is -2.40. The molecule has 34 heavy (non-hydrogen) atoms. The van der Waals surface area contributed by atoms with E-state index >= 15 is 0 Å². The molecule has 2 aliphatic rings. The number of aryl methyl sites for hydroxylation is 1. The summed E-state index contributed by atoms with van der Waals surface area (Å²) in [6.07, 6.45) is -0.223. The van der Waals surface area contributed by atoms with Gasteiger partial charge in [0, 0.05) is 16.9 Å². The number of aromatic nitrogens is 1. The lowest BCUT2D eigenvalue weighted by atomic mass is 9.96. The molecular weight excluding hydrogens is 456 g/mol. The molecule has 9 heteroatoms. The van der Waals surface area contributed by atoms with Crippen molar-refractivity contribution in [2.75, 3.05) is 20.0 Å². The summed E-state index contributed by atoms with van der Waals surface area (Å²) in [5.74, 6) is 1.04. The van der Waals surface area contributed by atoms with E-state index in [0.29, 0.717) is 23.6 Å². The van der Waals surface area contributed by atoms with Gasteiger partial charge >= 0.3 is 0 Å². The summed E-state index contributed by atoms with van der Waals surface area (Å²) in [6, 6.07) is 12.2. The molecule has 0 aliphatic carbocycles. The number of amides is 1. The van der Waals surface area contributed by atoms with Crippen LogP contribution in [0.1, 0.15) is 38.2 Å². The first-order valence-electron chi connectivity index (χ1n) is 11.0. The monoisotopic (exact) mass is 480 g/mol. The maximum Gasteiger partial charge on any atom is 0.249 e. The van der Waals surface area contributed by atoms with Crippen molar-refractivity contribution in [2.45, 2.75) is 32.0 Å². The first-order valence-corrected chi connectivity index (χ1v) is 11.8. The van der Waals surface area contributed by atoms with E-state index in [1.165, 1.54) is 11.3 Å². The molecule has 0 spiro atoms. The topological polar surface area (TPSA) is 98.2 Å². The van der Waals surface area contributed by atoms with Crippen molar-refractivity contribution in [3.05, 3.63) is 75.2 Å². The number of aliphatic hydroxyl groups is 1. The number of thiazole rings is 1. The number of nitrogens with zero attached hydrogens (tertiary/aromatic N) is 2. The standard InChI is InChI=1S/C25H24N2O6S/c1-15-23(34-13-26-15)10-27-19(11-28)25(31-12-24(27)30)17-4-2-16(3-5-17)8-20(29)18-6-7-21-22(9-18)33-14-32-21/h2-7,9,13,19,25,28H,8,10-12,14H2,1H3/t19-,25-/m1/s1. The predicted octanol–water partition coefficient (Wildman–Crippen LogP) is 3.07. The van der Waals surface area contributed by atoms with Crippen LogP contribution in [0.15, 0.2) is 48.0 Å². The number of hydrogen-bond acceptors (Lipinski definition) is 8. The molecule has 0 unspecified atom stereocenters. The molecule has 3 aromatic rings. The first kappa shape index (κ1) is 22.5. The van der Waals surface area contributed by atoms with Gasteiger partial charge < -0.3 is 24.2 Å². The number of ketones is 1. The van der Waals surface area contributed by atoms with Crippen LogP contribution in [-0.4, -0.2) is 52.7 Å². The number of ether oxygens (including phenoxy) is 3. The molecule has 3 heterocycles. The van der Waals surface area contributed by atoms with Gasteiger partial charge in [0.1, 0.15) is 12.7 Å². The van der Waals surface area contributed by atoms with Gasteiger partial charge in [-0.2, -0.15) is 0 Å². The number of hydrogen-bond donors (Lipinski definition) is 1. The highest BCUT2D eigenvalue weighted by Crippen LogP contribution is 2.33. The zero-order valence-electron chi connectivity index (χ0n) is 18.6. The molecule has 0 radical (unpaired) electrons. The molecule has 0 bridgehead atoms. The Bertz CT molecular complexity index is 1210. The zero-order chi connectivity index (χ0) is 23.7. The number of carbonyl (C=O) groups is 2. The Balaban J connectivity index is 1.29. The summed E-state index contributed by atoms with van der Waals surface area (Å²) in [4.78, 5) is 32.2. The Morgan fingerprint density at radius 1 is 1.18 bits per heavy atom. The van der Waals surface area contributed by atoms with Crippen LogP contribution in [0.4, 0.5) is 0 Å². The lowest BCUT2D eigenvalue weighted by molar-refractivity contribution is -0.161. The number of fused-ring (bicyclic) bond motifs is 1. The lowest BCUT2D eigenvalue weighted by Crippen LogP contribution is -2.52. The summed E-state index contributed by atoms with van der Waals surface area (Å²) in [7, 11) is 0. The first-order chi connectivity index (χ1) is 16.5. The Hall–Kier alpha value is -3.27. The highest BCUT2D eigenvalue weighted by atomic mass is 32.1. The van der Waals surface area contributed by atoms with E-state index in [0.717, 1.165) is 21.7 Å². The number of carbonyl (C=O) groups excluding carboxylic acids is 2. The third-order valence-corrected chi connectivity index (χ3v) is 7.09. The Morgan fingerprint density at radius 2 is 1.97 bits per heavy atom. The van der Waals surface area contributed by atoms with Crippen LogP contribution in [0.2, 0.25) is 0 Å². The SMILES string of the molecule is Cc1ncsc1CN1C(=O)CO[C@H](c2ccc(CC(=O)c3ccc4c(c3)OCO4)cc2)[C@H]1CO. The maximum absolute atomic E-state index is 12.8. The summed E-state index contributed by atoms with van der Waals surface area (Å²) in [5.41, 5.74) is 4.91. The normalized spacial score (nSPS) is 19.5. The van der Waals surface area contributed by atoms with E-state index in [4.69, 9.17) is 14.2 Å². The highest BCUT2D eigenvalue weighted by molar-refractivity contribution is 7.09. The number of rotatable bonds is 7. The highest BCUT2D eigenvalue weighted by Gasteiger charge is 2.37. The number of morpholine rings is 1. The molecule has 1 aromatic heterocycles. The fourth-order valence-corrected chi connectivity index (χ4v) is 5.01. The van der Waals surface area contributed by atoms with Crippen LogP contribution in [-0.2, 0) is 22.5 Å². The van der Waals surface area contributed by atoms with Crippen molar-refractivity contribution in [1.82, 2.24) is 9.88 Å². The van der Waals surface area contributed by atoms with Crippen LogP contribution in [0.5, 0.6) is 11.5 Å². The maximum atomic E-state index is 12.8. The average molecular weight is 481 g/mol. The van der Waals surface area contributed by atoms with E-state index in [9.17, 15) is 14.7 Å². The van der Waals surface area contributed by atoms with Gasteiger partial charge in [-0.25, -0.2) is 4.98 Å². The second kappa shape index (κ2) is 9.54. The van der Waals surface area contributed by atoms with Crippen LogP contribution >= 0.6 is 11.3 Å². The van der Waals surface area contributed by atoms with Crippen molar-refractivity contribution in [1.29, 1.82) is 0 Å². The largest absolute Gasteiger partial charge is 0.454 e. The van der Waals surface area contributed by atoms with Crippen LogP contribution < -0.4 is 9.47 Å². The molecule has 8 nitrogen and oxygen atoms in total. The van der Waals surface area contributed by atoms with Crippen molar-refractivity contribution in [3.63, 3.8) is 0 Å². The minimum Gasteiger partial charge on any atom is -0.454 e. The smallest absolute Gasteiger partial charge is 0.249 e. The molecule has 0 saturated carbocycles. The van der Waals surface area contributed by atoms with Crippen molar-refractivity contribution in [2.24, 2.45) is 0 Å². The Labute approximate surface area is 200 Å². The quantitative estimate of drug-likeness (QED) is 0.519. The second-order valence-corrected chi connectivity index (χ2v) is 9.21. The molecule has 1 amide bonds. The van der Waals surface area contributed by atoms with E-state index in [1.807, 2.05) is 31.2 Å². The van der Waals surface area contributed by atoms with Gasteiger partial charge in [0.25, 0.3) is 0 Å². The summed E-state index contributed by atoms with van der Waals surface area (Å²) < 4.78 is 16.5. The van der Waals surface area contributed by atoms with Gasteiger partial charge in [0.15, 0.2) is 17.3 Å². The molecule has 5 rings (SSSR count). The van der Waals surface area contributed by atoms with E-state index in [1.54, 1.807) is 28.6 Å². The molecule has 2 aromatic carbocycles. The average Bonchev–Trinajstić information content (AvgIpc) is 3.49. The zero-order valence-corrected chi connectivity index (χ0v) is 19.4. The van der Waals surface area contributed by atoms with Gasteiger partial charge in [0.05, 0.1) is 30.4 Å². The van der Waals surface area contributed by atoms with Gasteiger partial charge in [-0.15, -0.1) is 11.3 Å². The van der Waals surface area contributed by atoms with E-state index < -0.39 is 12.1 Å². The fraction of sp³-hybridized carbons (Fsp3) is 0.320. The molecular formula is C25H24N2O6S. The third-order valence-electron chi connectivity index (χ3n) is 6.17. The molecule has 1 saturated heterocycles. The number of aliphatic hydroxyl groups excluding tert-OH is 1. The van der Waals surface area contributed by atoms with Crippen LogP contribution in [0.25, 0.3) is 0 Å². The Kier molecular flexibility index (Phi) is 6.32. The van der Waals surface area contributed by atoms with Crippen LogP contribution in [0.3, 0.4) is 0 Å². The second-order valence-electron chi connectivity index (χ2n) is 8.27. The molecule has 176 valence electrons. The summed E-state index contributed by atoms with van der Waals surface area (Å²) >= 11 is 1.49. The van der Waals surface area contributed by atoms with Gasteiger partial charge in [-0.1, -0.05) is 24.3 Å². The van der Waals surface area contributed by atoms with E-state index in [-0.39, 0.29) is 38.1 Å². The molecule has 2 aliphatic heterocycles.